The Hall–Kier alpha value is -1.18. The Balaban J connectivity index is 2.43. The summed E-state index contributed by atoms with van der Waals surface area (Å²) in [4.78, 5) is 8.04. The van der Waals surface area contributed by atoms with Crippen LogP contribution in [0.2, 0.25) is 0 Å². The van der Waals surface area contributed by atoms with Crippen LogP contribution in [0.15, 0.2) is 30.4 Å². The quantitative estimate of drug-likeness (QED) is 0.680. The van der Waals surface area contributed by atoms with Gasteiger partial charge in [-0.15, -0.1) is 0 Å². The van der Waals surface area contributed by atoms with Crippen LogP contribution >= 0.6 is 0 Å². The van der Waals surface area contributed by atoms with Gasteiger partial charge in [0.25, 0.3) is 0 Å². The highest BCUT2D eigenvalue weighted by atomic mass is 14.8. The molecule has 0 aromatic carbocycles. The lowest BCUT2D eigenvalue weighted by atomic mass is 9.98. The molecule has 2 nitrogen and oxygen atoms in total. The molecule has 2 heteroatoms. The minimum Gasteiger partial charge on any atom is -0.245 e. The van der Waals surface area contributed by atoms with E-state index >= 15 is 0 Å². The van der Waals surface area contributed by atoms with E-state index in [0.29, 0.717) is 5.92 Å². The summed E-state index contributed by atoms with van der Waals surface area (Å²) in [5, 5.41) is 0. The Morgan fingerprint density at radius 3 is 2.57 bits per heavy atom. The monoisotopic (exact) mass is 190 g/mol. The van der Waals surface area contributed by atoms with E-state index in [1.54, 1.807) is 6.33 Å². The maximum Gasteiger partial charge on any atom is 0.115 e. The van der Waals surface area contributed by atoms with Gasteiger partial charge < -0.3 is 0 Å². The lowest BCUT2D eigenvalue weighted by molar-refractivity contribution is 0.682. The van der Waals surface area contributed by atoms with Crippen molar-refractivity contribution in [2.24, 2.45) is 0 Å². The van der Waals surface area contributed by atoms with E-state index < -0.39 is 0 Å². The molecule has 0 aliphatic heterocycles. The van der Waals surface area contributed by atoms with Crippen LogP contribution in [0.3, 0.4) is 0 Å². The molecule has 0 saturated carbocycles. The highest BCUT2D eigenvalue weighted by Crippen LogP contribution is 2.19. The first-order valence-corrected chi connectivity index (χ1v) is 5.08. The Labute approximate surface area is 86.1 Å². The number of aromatic nitrogens is 2. The molecule has 0 aliphatic rings. The van der Waals surface area contributed by atoms with Crippen molar-refractivity contribution >= 4 is 0 Å². The zero-order chi connectivity index (χ0) is 10.4. The molecule has 0 bridgehead atoms. The van der Waals surface area contributed by atoms with E-state index in [4.69, 9.17) is 0 Å². The Morgan fingerprint density at radius 2 is 2.00 bits per heavy atom. The fraction of sp³-hybridized carbons (Fsp3) is 0.500. The van der Waals surface area contributed by atoms with E-state index in [0.717, 1.165) is 6.42 Å². The molecule has 0 aliphatic carbocycles. The van der Waals surface area contributed by atoms with Crippen molar-refractivity contribution in [3.63, 3.8) is 0 Å². The molecule has 14 heavy (non-hydrogen) atoms. The first kappa shape index (κ1) is 10.9. The third kappa shape index (κ3) is 3.69. The van der Waals surface area contributed by atoms with Crippen LogP contribution in [0, 0.1) is 0 Å². The smallest absolute Gasteiger partial charge is 0.115 e. The maximum absolute atomic E-state index is 4.02. The summed E-state index contributed by atoms with van der Waals surface area (Å²) >= 11 is 0. The number of rotatable bonds is 4. The number of hydrogen-bond donors (Lipinski definition) is 0. The molecule has 0 saturated heterocycles. The second-order valence-electron chi connectivity index (χ2n) is 3.93. The fourth-order valence-corrected chi connectivity index (χ4v) is 1.35. The van der Waals surface area contributed by atoms with Crippen LogP contribution < -0.4 is 0 Å². The van der Waals surface area contributed by atoms with E-state index in [2.05, 4.69) is 36.8 Å². The zero-order valence-corrected chi connectivity index (χ0v) is 9.20. The van der Waals surface area contributed by atoms with E-state index in [1.165, 1.54) is 17.6 Å². The molecular weight excluding hydrogens is 172 g/mol. The van der Waals surface area contributed by atoms with Crippen LogP contribution in [0.4, 0.5) is 0 Å². The van der Waals surface area contributed by atoms with Gasteiger partial charge in [-0.25, -0.2) is 9.97 Å². The van der Waals surface area contributed by atoms with Crippen molar-refractivity contribution in [2.75, 3.05) is 0 Å². The molecule has 0 N–H and O–H groups in total. The van der Waals surface area contributed by atoms with Gasteiger partial charge in [-0.3, -0.25) is 0 Å². The van der Waals surface area contributed by atoms with Crippen molar-refractivity contribution in [1.82, 2.24) is 9.97 Å². The van der Waals surface area contributed by atoms with E-state index in [1.807, 2.05) is 12.4 Å². The second-order valence-corrected chi connectivity index (χ2v) is 3.93. The minimum atomic E-state index is 0.548. The molecule has 1 atom stereocenters. The van der Waals surface area contributed by atoms with Crippen LogP contribution in [0.5, 0.6) is 0 Å². The van der Waals surface area contributed by atoms with Crippen LogP contribution in [-0.2, 0) is 0 Å². The normalized spacial score (nSPS) is 12.2. The summed E-state index contributed by atoms with van der Waals surface area (Å²) in [7, 11) is 0. The van der Waals surface area contributed by atoms with Crippen molar-refractivity contribution in [1.29, 1.82) is 0 Å². The summed E-state index contributed by atoms with van der Waals surface area (Å²) in [5.74, 6) is 0.548. The molecule has 1 aromatic heterocycles. The zero-order valence-electron chi connectivity index (χ0n) is 9.20. The number of nitrogens with zero attached hydrogens (tertiary/aromatic N) is 2. The molecular formula is C12H18N2. The van der Waals surface area contributed by atoms with E-state index in [-0.39, 0.29) is 0 Å². The molecule has 76 valence electrons. The van der Waals surface area contributed by atoms with Gasteiger partial charge in [0, 0.05) is 12.4 Å². The number of hydrogen-bond acceptors (Lipinski definition) is 2. The van der Waals surface area contributed by atoms with Gasteiger partial charge in [-0.05, 0) is 38.2 Å². The highest BCUT2D eigenvalue weighted by molar-refractivity contribution is 5.09. The lowest BCUT2D eigenvalue weighted by Crippen LogP contribution is -1.94. The highest BCUT2D eigenvalue weighted by Gasteiger charge is 2.03. The first-order chi connectivity index (χ1) is 6.70. The molecule has 0 fully saturated rings. The van der Waals surface area contributed by atoms with Gasteiger partial charge in [0.2, 0.25) is 0 Å². The predicted octanol–water partition coefficient (Wildman–Crippen LogP) is 3.33. The topological polar surface area (TPSA) is 25.8 Å². The average molecular weight is 190 g/mol. The Kier molecular flexibility index (Phi) is 4.30. The summed E-state index contributed by atoms with van der Waals surface area (Å²) < 4.78 is 0. The molecule has 0 spiro atoms. The van der Waals surface area contributed by atoms with Gasteiger partial charge in [0.15, 0.2) is 0 Å². The predicted molar refractivity (Wildman–Crippen MR) is 59.1 cm³/mol. The van der Waals surface area contributed by atoms with Gasteiger partial charge in [-0.1, -0.05) is 18.6 Å². The van der Waals surface area contributed by atoms with Crippen LogP contribution in [0.25, 0.3) is 0 Å². The van der Waals surface area contributed by atoms with Crippen molar-refractivity contribution in [3.8, 4) is 0 Å². The molecule has 1 aromatic rings. The summed E-state index contributed by atoms with van der Waals surface area (Å²) in [6, 6.07) is 0. The maximum atomic E-state index is 4.02. The van der Waals surface area contributed by atoms with Gasteiger partial charge in [0.1, 0.15) is 6.33 Å². The second kappa shape index (κ2) is 5.53. The lowest BCUT2D eigenvalue weighted by Gasteiger charge is -2.08. The number of allylic oxidation sites excluding steroid dienone is 2. The Morgan fingerprint density at radius 1 is 1.36 bits per heavy atom. The standard InChI is InChI=1S/C12H18N2/c1-10(2)5-4-6-11(3)12-7-13-9-14-8-12/h5,7-9,11H,4,6H2,1-3H3. The molecule has 0 radical (unpaired) electrons. The third-order valence-corrected chi connectivity index (χ3v) is 2.30. The largest absolute Gasteiger partial charge is 0.245 e. The summed E-state index contributed by atoms with van der Waals surface area (Å²) in [5.41, 5.74) is 2.62. The molecule has 1 unspecified atom stereocenters. The average Bonchev–Trinajstić information content (AvgIpc) is 2.18. The van der Waals surface area contributed by atoms with Crippen LogP contribution in [0.1, 0.15) is 45.1 Å². The third-order valence-electron chi connectivity index (χ3n) is 2.30. The molecule has 1 heterocycles. The summed E-state index contributed by atoms with van der Waals surface area (Å²) in [6.07, 6.45) is 9.96. The van der Waals surface area contributed by atoms with Gasteiger partial charge in [-0.2, -0.15) is 0 Å². The van der Waals surface area contributed by atoms with Gasteiger partial charge >= 0.3 is 0 Å². The molecule has 0 amide bonds. The summed E-state index contributed by atoms with van der Waals surface area (Å²) in [6.45, 7) is 6.49. The van der Waals surface area contributed by atoms with Crippen molar-refractivity contribution in [2.45, 2.75) is 39.5 Å². The van der Waals surface area contributed by atoms with Crippen molar-refractivity contribution in [3.05, 3.63) is 35.9 Å². The van der Waals surface area contributed by atoms with E-state index in [9.17, 15) is 0 Å². The fourth-order valence-electron chi connectivity index (χ4n) is 1.35. The SMILES string of the molecule is CC(C)=CCCC(C)c1cncnc1. The van der Waals surface area contributed by atoms with Gasteiger partial charge in [0.05, 0.1) is 0 Å². The van der Waals surface area contributed by atoms with Crippen LogP contribution in [-0.4, -0.2) is 9.97 Å². The molecule has 1 rings (SSSR count). The first-order valence-electron chi connectivity index (χ1n) is 5.08. The van der Waals surface area contributed by atoms with Crippen molar-refractivity contribution < 1.29 is 0 Å². The Bertz CT molecular complexity index is 286. The minimum absolute atomic E-state index is 0.548.